The number of hydrogen-bond donors (Lipinski definition) is 2. The van der Waals surface area contributed by atoms with Crippen LogP contribution in [0, 0.1) is 5.92 Å². The molecule has 0 aromatic rings. The van der Waals surface area contributed by atoms with Crippen molar-refractivity contribution in [1.29, 1.82) is 0 Å². The van der Waals surface area contributed by atoms with Crippen LogP contribution in [0.1, 0.15) is 12.8 Å². The number of halogens is 1. The molecule has 2 N–H and O–H groups in total. The highest BCUT2D eigenvalue weighted by Crippen LogP contribution is 2.16. The minimum Gasteiger partial charge on any atom is -0.362 e. The first-order valence-corrected chi connectivity index (χ1v) is 4.51. The second kappa shape index (κ2) is 5.02. The maximum absolute atomic E-state index is 5.48. The van der Waals surface area contributed by atoms with Crippen LogP contribution in [0.3, 0.4) is 0 Å². The smallest absolute Gasteiger partial charge is 0.108 e. The molecule has 72 valence electrons. The molecule has 2 fully saturated rings. The molecule has 0 radical (unpaired) electrons. The van der Waals surface area contributed by atoms with Crippen molar-refractivity contribution in [3.05, 3.63) is 0 Å². The van der Waals surface area contributed by atoms with Crippen molar-refractivity contribution in [3.63, 3.8) is 0 Å². The van der Waals surface area contributed by atoms with Gasteiger partial charge in [0.1, 0.15) is 6.23 Å². The summed E-state index contributed by atoms with van der Waals surface area (Å²) in [6, 6.07) is 0. The number of ether oxygens (including phenoxy) is 1. The van der Waals surface area contributed by atoms with E-state index in [1.807, 2.05) is 0 Å². The van der Waals surface area contributed by atoms with Gasteiger partial charge in [0.2, 0.25) is 0 Å². The maximum Gasteiger partial charge on any atom is 0.108 e. The third kappa shape index (κ3) is 2.59. The van der Waals surface area contributed by atoms with Crippen LogP contribution < -0.4 is 10.6 Å². The van der Waals surface area contributed by atoms with Crippen molar-refractivity contribution in [2.75, 3.05) is 26.2 Å². The van der Waals surface area contributed by atoms with E-state index < -0.39 is 0 Å². The molecule has 0 amide bonds. The third-order valence-corrected chi connectivity index (χ3v) is 2.50. The Morgan fingerprint density at radius 2 is 2.25 bits per heavy atom. The lowest BCUT2D eigenvalue weighted by molar-refractivity contribution is 0.0819. The Hall–Kier alpha value is 0.170. The summed E-state index contributed by atoms with van der Waals surface area (Å²) in [5.41, 5.74) is 0. The van der Waals surface area contributed by atoms with Gasteiger partial charge in [-0.2, -0.15) is 0 Å². The average Bonchev–Trinajstić information content (AvgIpc) is 2.60. The monoisotopic (exact) mass is 192 g/mol. The summed E-state index contributed by atoms with van der Waals surface area (Å²) in [4.78, 5) is 0. The van der Waals surface area contributed by atoms with E-state index in [1.54, 1.807) is 0 Å². The molecule has 2 atom stereocenters. The Labute approximate surface area is 79.6 Å². The van der Waals surface area contributed by atoms with Gasteiger partial charge >= 0.3 is 0 Å². The fraction of sp³-hybridized carbons (Fsp3) is 1.00. The Morgan fingerprint density at radius 3 is 2.83 bits per heavy atom. The standard InChI is InChI=1S/C8H16N2O.ClH/c1-2-9-6-7(1)5-8-10-3-4-11-8;/h7-10H,1-6H2;1H. The van der Waals surface area contributed by atoms with Gasteiger partial charge in [-0.1, -0.05) is 0 Å². The largest absolute Gasteiger partial charge is 0.362 e. The van der Waals surface area contributed by atoms with Gasteiger partial charge < -0.3 is 10.1 Å². The molecule has 0 aliphatic carbocycles. The highest BCUT2D eigenvalue weighted by molar-refractivity contribution is 5.85. The van der Waals surface area contributed by atoms with Crippen molar-refractivity contribution in [1.82, 2.24) is 10.6 Å². The first kappa shape index (κ1) is 10.3. The van der Waals surface area contributed by atoms with Crippen LogP contribution in [-0.4, -0.2) is 32.5 Å². The number of rotatable bonds is 2. The van der Waals surface area contributed by atoms with Crippen molar-refractivity contribution in [2.45, 2.75) is 19.1 Å². The molecular formula is C8H17ClN2O. The zero-order chi connectivity index (χ0) is 7.52. The van der Waals surface area contributed by atoms with E-state index in [4.69, 9.17) is 4.74 Å². The van der Waals surface area contributed by atoms with Crippen LogP contribution in [0.4, 0.5) is 0 Å². The molecule has 0 saturated carbocycles. The minimum atomic E-state index is 0. The number of hydrogen-bond acceptors (Lipinski definition) is 3. The van der Waals surface area contributed by atoms with Gasteiger partial charge in [0, 0.05) is 6.54 Å². The highest BCUT2D eigenvalue weighted by Gasteiger charge is 2.22. The van der Waals surface area contributed by atoms with Crippen LogP contribution in [-0.2, 0) is 4.74 Å². The van der Waals surface area contributed by atoms with Gasteiger partial charge in [0.25, 0.3) is 0 Å². The van der Waals surface area contributed by atoms with Crippen molar-refractivity contribution >= 4 is 12.4 Å². The highest BCUT2D eigenvalue weighted by atomic mass is 35.5. The van der Waals surface area contributed by atoms with Crippen LogP contribution in [0.5, 0.6) is 0 Å². The molecule has 2 heterocycles. The fourth-order valence-corrected chi connectivity index (χ4v) is 1.85. The lowest BCUT2D eigenvalue weighted by Crippen LogP contribution is -2.26. The molecule has 2 aliphatic rings. The van der Waals surface area contributed by atoms with E-state index in [0.29, 0.717) is 6.23 Å². The predicted octanol–water partition coefficient (Wildman–Crippen LogP) is 0.354. The van der Waals surface area contributed by atoms with Gasteiger partial charge in [-0.05, 0) is 31.8 Å². The Kier molecular flexibility index (Phi) is 4.29. The van der Waals surface area contributed by atoms with E-state index in [2.05, 4.69) is 10.6 Å². The number of nitrogens with one attached hydrogen (secondary N) is 2. The predicted molar refractivity (Wildman–Crippen MR) is 50.6 cm³/mol. The molecular weight excluding hydrogens is 176 g/mol. The van der Waals surface area contributed by atoms with E-state index in [-0.39, 0.29) is 12.4 Å². The lowest BCUT2D eigenvalue weighted by Gasteiger charge is -2.13. The van der Waals surface area contributed by atoms with Crippen molar-refractivity contribution < 1.29 is 4.74 Å². The Bertz CT molecular complexity index is 108. The van der Waals surface area contributed by atoms with E-state index in [0.717, 1.165) is 19.1 Å². The summed E-state index contributed by atoms with van der Waals surface area (Å²) in [5.74, 6) is 0.839. The van der Waals surface area contributed by atoms with Gasteiger partial charge in [-0.3, -0.25) is 5.32 Å². The minimum absolute atomic E-state index is 0. The first-order valence-electron chi connectivity index (χ1n) is 4.51. The normalized spacial score (nSPS) is 35.0. The maximum atomic E-state index is 5.48. The topological polar surface area (TPSA) is 33.3 Å². The molecule has 0 spiro atoms. The summed E-state index contributed by atoms with van der Waals surface area (Å²) in [5, 5.41) is 6.70. The van der Waals surface area contributed by atoms with Gasteiger partial charge in [0.15, 0.2) is 0 Å². The summed E-state index contributed by atoms with van der Waals surface area (Å²) >= 11 is 0. The van der Waals surface area contributed by atoms with Crippen molar-refractivity contribution in [2.24, 2.45) is 5.92 Å². The zero-order valence-electron chi connectivity index (χ0n) is 7.21. The summed E-state index contributed by atoms with van der Waals surface area (Å²) < 4.78 is 5.48. The Balaban J connectivity index is 0.000000720. The molecule has 4 heteroatoms. The van der Waals surface area contributed by atoms with E-state index >= 15 is 0 Å². The van der Waals surface area contributed by atoms with Crippen LogP contribution in [0.25, 0.3) is 0 Å². The van der Waals surface area contributed by atoms with Crippen LogP contribution in [0.15, 0.2) is 0 Å². The quantitative estimate of drug-likeness (QED) is 0.663. The zero-order valence-corrected chi connectivity index (χ0v) is 8.03. The first-order chi connectivity index (χ1) is 5.45. The molecule has 0 bridgehead atoms. The molecule has 3 nitrogen and oxygen atoms in total. The molecule has 2 saturated heterocycles. The van der Waals surface area contributed by atoms with E-state index in [1.165, 1.54) is 25.9 Å². The lowest BCUT2D eigenvalue weighted by atomic mass is 10.0. The molecule has 2 aliphatic heterocycles. The average molecular weight is 193 g/mol. The van der Waals surface area contributed by atoms with Gasteiger partial charge in [-0.15, -0.1) is 12.4 Å². The van der Waals surface area contributed by atoms with Gasteiger partial charge in [-0.25, -0.2) is 0 Å². The van der Waals surface area contributed by atoms with Gasteiger partial charge in [0.05, 0.1) is 6.61 Å². The molecule has 12 heavy (non-hydrogen) atoms. The van der Waals surface area contributed by atoms with Crippen LogP contribution >= 0.6 is 12.4 Å². The Morgan fingerprint density at radius 1 is 1.33 bits per heavy atom. The molecule has 2 rings (SSSR count). The molecule has 0 aromatic carbocycles. The summed E-state index contributed by atoms with van der Waals surface area (Å²) in [6.45, 7) is 4.30. The van der Waals surface area contributed by atoms with Crippen molar-refractivity contribution in [3.8, 4) is 0 Å². The second-order valence-electron chi connectivity index (χ2n) is 3.41. The summed E-state index contributed by atoms with van der Waals surface area (Å²) in [7, 11) is 0. The molecule has 2 unspecified atom stereocenters. The fourth-order valence-electron chi connectivity index (χ4n) is 1.85. The summed E-state index contributed by atoms with van der Waals surface area (Å²) in [6.07, 6.45) is 2.86. The molecule has 0 aromatic heterocycles. The second-order valence-corrected chi connectivity index (χ2v) is 3.41. The van der Waals surface area contributed by atoms with E-state index in [9.17, 15) is 0 Å². The third-order valence-electron chi connectivity index (χ3n) is 2.50. The SMILES string of the molecule is C1CC(CC2NCCO2)CN1.Cl. The van der Waals surface area contributed by atoms with Crippen LogP contribution in [0.2, 0.25) is 0 Å².